The van der Waals surface area contributed by atoms with E-state index in [2.05, 4.69) is 10.3 Å². The van der Waals surface area contributed by atoms with Gasteiger partial charge in [-0.1, -0.05) is 24.3 Å². The van der Waals surface area contributed by atoms with Crippen molar-refractivity contribution in [2.45, 2.75) is 12.5 Å². The van der Waals surface area contributed by atoms with Crippen LogP contribution in [0.1, 0.15) is 5.56 Å². The molecule has 1 aliphatic heterocycles. The van der Waals surface area contributed by atoms with Crippen LogP contribution in [0, 0.1) is 0 Å². The largest absolute Gasteiger partial charge is 0.480 e. The lowest BCUT2D eigenvalue weighted by atomic mass is 10.1. The third-order valence-corrected chi connectivity index (χ3v) is 3.64. The zero-order valence-electron chi connectivity index (χ0n) is 11.5. The van der Waals surface area contributed by atoms with Gasteiger partial charge in [-0.3, -0.25) is 9.78 Å². The van der Waals surface area contributed by atoms with Crippen LogP contribution in [-0.4, -0.2) is 17.0 Å². The normalized spacial score (nSPS) is 16.3. The van der Waals surface area contributed by atoms with Crippen molar-refractivity contribution in [3.05, 3.63) is 58.6 Å². The number of para-hydroxylation sites is 2. The molecular weight excluding hydrogens is 284 g/mol. The summed E-state index contributed by atoms with van der Waals surface area (Å²) >= 11 is 0. The molecule has 0 saturated carbocycles. The van der Waals surface area contributed by atoms with Gasteiger partial charge in [-0.05, 0) is 23.8 Å². The molecule has 22 heavy (non-hydrogen) atoms. The van der Waals surface area contributed by atoms with Gasteiger partial charge < -0.3 is 14.5 Å². The monoisotopic (exact) mass is 296 g/mol. The molecule has 110 valence electrons. The Kier molecular flexibility index (Phi) is 2.75. The maximum Gasteiger partial charge on any atom is 0.417 e. The Morgan fingerprint density at radius 3 is 2.91 bits per heavy atom. The lowest BCUT2D eigenvalue weighted by Gasteiger charge is -2.11. The molecule has 0 aliphatic carbocycles. The minimum atomic E-state index is -0.585. The van der Waals surface area contributed by atoms with Gasteiger partial charge in [0.05, 0.1) is 11.2 Å². The molecule has 0 saturated heterocycles. The van der Waals surface area contributed by atoms with Crippen LogP contribution in [0.2, 0.25) is 0 Å². The third-order valence-electron chi connectivity index (χ3n) is 3.64. The average molecular weight is 296 g/mol. The Morgan fingerprint density at radius 2 is 2.05 bits per heavy atom. The van der Waals surface area contributed by atoms with Gasteiger partial charge in [-0.15, -0.1) is 0 Å². The molecule has 1 unspecified atom stereocenters. The molecule has 3 aromatic rings. The summed E-state index contributed by atoms with van der Waals surface area (Å²) in [5, 5.41) is 2.76. The molecule has 2 heterocycles. The van der Waals surface area contributed by atoms with Crippen molar-refractivity contribution < 1.29 is 13.9 Å². The summed E-state index contributed by atoms with van der Waals surface area (Å²) in [6.45, 7) is 0. The molecule has 4 rings (SSSR count). The van der Waals surface area contributed by atoms with Crippen LogP contribution in [-0.2, 0) is 11.2 Å². The second-order valence-corrected chi connectivity index (χ2v) is 5.10. The van der Waals surface area contributed by atoms with E-state index in [1.165, 1.54) is 0 Å². The molecule has 1 atom stereocenters. The van der Waals surface area contributed by atoms with Crippen molar-refractivity contribution in [2.75, 3.05) is 5.32 Å². The molecule has 2 N–H and O–H groups in total. The Balaban J connectivity index is 1.59. The van der Waals surface area contributed by atoms with Gasteiger partial charge in [0.2, 0.25) is 0 Å². The van der Waals surface area contributed by atoms with E-state index in [9.17, 15) is 9.59 Å². The van der Waals surface area contributed by atoms with Gasteiger partial charge in [-0.25, -0.2) is 4.79 Å². The Labute approximate surface area is 124 Å². The number of ether oxygens (including phenoxy) is 1. The standard InChI is InChI=1S/C16H12N2O4/c19-15(13-8-9-4-1-2-7-12(9)21-13)17-10-5-3-6-11-14(10)22-16(20)18-11/h1-7,13H,8H2,(H,17,19)(H,18,20). The highest BCUT2D eigenvalue weighted by Crippen LogP contribution is 2.29. The molecule has 0 radical (unpaired) electrons. The van der Waals surface area contributed by atoms with Crippen LogP contribution >= 0.6 is 0 Å². The minimum Gasteiger partial charge on any atom is -0.480 e. The van der Waals surface area contributed by atoms with Crippen LogP contribution < -0.4 is 15.8 Å². The number of hydrogen-bond acceptors (Lipinski definition) is 4. The average Bonchev–Trinajstić information content (AvgIpc) is 3.10. The van der Waals surface area contributed by atoms with Gasteiger partial charge in [0.25, 0.3) is 5.91 Å². The first-order chi connectivity index (χ1) is 10.7. The number of nitrogens with one attached hydrogen (secondary N) is 2. The summed E-state index contributed by atoms with van der Waals surface area (Å²) < 4.78 is 10.7. The van der Waals surface area contributed by atoms with E-state index in [0.717, 1.165) is 11.3 Å². The summed E-state index contributed by atoms with van der Waals surface area (Å²) in [4.78, 5) is 26.2. The Bertz CT molecular complexity index is 900. The number of carbonyl (C=O) groups is 1. The second kappa shape index (κ2) is 4.77. The summed E-state index contributed by atoms with van der Waals surface area (Å²) in [5.74, 6) is -0.0946. The van der Waals surface area contributed by atoms with Crippen LogP contribution in [0.15, 0.2) is 51.7 Å². The van der Waals surface area contributed by atoms with Crippen molar-refractivity contribution in [1.29, 1.82) is 0 Å². The number of benzene rings is 2. The first-order valence-electron chi connectivity index (χ1n) is 6.88. The fraction of sp³-hybridized carbons (Fsp3) is 0.125. The zero-order chi connectivity index (χ0) is 15.1. The van der Waals surface area contributed by atoms with Gasteiger partial charge in [0.15, 0.2) is 11.7 Å². The van der Waals surface area contributed by atoms with Crippen LogP contribution in [0.3, 0.4) is 0 Å². The number of aromatic nitrogens is 1. The zero-order valence-corrected chi connectivity index (χ0v) is 11.5. The highest BCUT2D eigenvalue weighted by Gasteiger charge is 2.29. The number of H-pyrrole nitrogens is 1. The van der Waals surface area contributed by atoms with Crippen LogP contribution in [0.25, 0.3) is 11.1 Å². The second-order valence-electron chi connectivity index (χ2n) is 5.10. The van der Waals surface area contributed by atoms with Crippen molar-refractivity contribution >= 4 is 22.7 Å². The van der Waals surface area contributed by atoms with E-state index < -0.39 is 11.9 Å². The van der Waals surface area contributed by atoms with E-state index in [-0.39, 0.29) is 5.91 Å². The molecule has 0 fully saturated rings. The minimum absolute atomic E-state index is 0.271. The first kappa shape index (κ1) is 12.7. The van der Waals surface area contributed by atoms with E-state index in [4.69, 9.17) is 9.15 Å². The molecule has 6 nitrogen and oxygen atoms in total. The lowest BCUT2D eigenvalue weighted by Crippen LogP contribution is -2.31. The quantitative estimate of drug-likeness (QED) is 0.758. The van der Waals surface area contributed by atoms with Crippen LogP contribution in [0.5, 0.6) is 5.75 Å². The van der Waals surface area contributed by atoms with E-state index in [1.54, 1.807) is 18.2 Å². The third kappa shape index (κ3) is 2.05. The van der Waals surface area contributed by atoms with E-state index >= 15 is 0 Å². The SMILES string of the molecule is O=C(Nc1cccc2[nH]c(=O)oc12)C1Cc2ccccc2O1. The Hall–Kier alpha value is -3.02. The van der Waals surface area contributed by atoms with Crippen molar-refractivity contribution in [1.82, 2.24) is 4.98 Å². The Morgan fingerprint density at radius 1 is 1.18 bits per heavy atom. The highest BCUT2D eigenvalue weighted by molar-refractivity contribution is 6.01. The number of fused-ring (bicyclic) bond motifs is 2. The van der Waals surface area contributed by atoms with E-state index in [1.807, 2.05) is 24.3 Å². The van der Waals surface area contributed by atoms with Gasteiger partial charge in [-0.2, -0.15) is 0 Å². The molecule has 1 amide bonds. The topological polar surface area (TPSA) is 84.3 Å². The summed E-state index contributed by atoms with van der Waals surface area (Å²) in [7, 11) is 0. The fourth-order valence-electron chi connectivity index (χ4n) is 2.61. The predicted molar refractivity (Wildman–Crippen MR) is 80.0 cm³/mol. The van der Waals surface area contributed by atoms with Crippen LogP contribution in [0.4, 0.5) is 5.69 Å². The highest BCUT2D eigenvalue weighted by atomic mass is 16.5. The molecule has 0 bridgehead atoms. The molecule has 0 spiro atoms. The molecule has 2 aromatic carbocycles. The van der Waals surface area contributed by atoms with Crippen molar-refractivity contribution in [3.8, 4) is 5.75 Å². The number of hydrogen-bond donors (Lipinski definition) is 2. The maximum atomic E-state index is 12.4. The van der Waals surface area contributed by atoms with Crippen molar-refractivity contribution in [2.24, 2.45) is 0 Å². The van der Waals surface area contributed by atoms with Gasteiger partial charge in [0, 0.05) is 6.42 Å². The smallest absolute Gasteiger partial charge is 0.417 e. The summed E-state index contributed by atoms with van der Waals surface area (Å²) in [5.41, 5.74) is 2.32. The van der Waals surface area contributed by atoms with Gasteiger partial charge >= 0.3 is 5.76 Å². The fourth-order valence-corrected chi connectivity index (χ4v) is 2.61. The van der Waals surface area contributed by atoms with Crippen molar-refractivity contribution in [3.63, 3.8) is 0 Å². The number of rotatable bonds is 2. The number of anilines is 1. The summed E-state index contributed by atoms with van der Waals surface area (Å²) in [6, 6.07) is 12.7. The predicted octanol–water partition coefficient (Wildman–Crippen LogP) is 2.06. The first-order valence-corrected chi connectivity index (χ1v) is 6.88. The van der Waals surface area contributed by atoms with E-state index in [0.29, 0.717) is 23.2 Å². The molecule has 6 heteroatoms. The molecule has 1 aliphatic rings. The lowest BCUT2D eigenvalue weighted by molar-refractivity contribution is -0.122. The maximum absolute atomic E-state index is 12.4. The van der Waals surface area contributed by atoms with Gasteiger partial charge in [0.1, 0.15) is 5.75 Å². The number of aromatic amines is 1. The number of carbonyl (C=O) groups excluding carboxylic acids is 1. The summed E-state index contributed by atoms with van der Waals surface area (Å²) in [6.07, 6.45) is -0.0620. The number of oxazole rings is 1. The number of amides is 1. The molecule has 1 aromatic heterocycles. The molecular formula is C16H12N2O4.